The summed E-state index contributed by atoms with van der Waals surface area (Å²) in [6.07, 6.45) is 2.74. The first kappa shape index (κ1) is 20.6. The van der Waals surface area contributed by atoms with Gasteiger partial charge >= 0.3 is 5.97 Å². The number of aromatic carboxylic acids is 1. The van der Waals surface area contributed by atoms with E-state index in [4.69, 9.17) is 14.7 Å². The van der Waals surface area contributed by atoms with Gasteiger partial charge in [0.2, 0.25) is 0 Å². The van der Waals surface area contributed by atoms with Crippen LogP contribution in [-0.4, -0.2) is 51.9 Å². The third-order valence-electron chi connectivity index (χ3n) is 6.47. The molecule has 0 bridgehead atoms. The molecule has 2 aliphatic heterocycles. The third kappa shape index (κ3) is 3.43. The fraction of sp³-hybridized carbons (Fsp3) is 0.231. The van der Waals surface area contributed by atoms with Crippen molar-refractivity contribution in [2.24, 2.45) is 0 Å². The molecule has 8 heteroatoms. The summed E-state index contributed by atoms with van der Waals surface area (Å²) >= 11 is 0. The van der Waals surface area contributed by atoms with Gasteiger partial charge < -0.3 is 14.7 Å². The molecular weight excluding hydrogens is 432 g/mol. The van der Waals surface area contributed by atoms with Gasteiger partial charge in [0.05, 0.1) is 35.2 Å². The molecule has 0 aliphatic carbocycles. The van der Waals surface area contributed by atoms with Crippen molar-refractivity contribution in [3.8, 4) is 0 Å². The van der Waals surface area contributed by atoms with Crippen LogP contribution in [0.15, 0.2) is 53.3 Å². The van der Waals surface area contributed by atoms with Crippen LogP contribution >= 0.6 is 0 Å². The predicted molar refractivity (Wildman–Crippen MR) is 130 cm³/mol. The van der Waals surface area contributed by atoms with Crippen LogP contribution in [-0.2, 0) is 11.3 Å². The number of ether oxygens (including phenoxy) is 1. The molecule has 1 fully saturated rings. The number of hydrogen-bond donors (Lipinski definition) is 1. The van der Waals surface area contributed by atoms with Crippen LogP contribution in [0, 0.1) is 0 Å². The molecule has 6 rings (SSSR count). The van der Waals surface area contributed by atoms with Crippen molar-refractivity contribution in [2.75, 3.05) is 31.2 Å². The number of allylic oxidation sites excluding steroid dienone is 1. The minimum atomic E-state index is -1.04. The lowest BCUT2D eigenvalue weighted by molar-refractivity contribution is 0.0697. The van der Waals surface area contributed by atoms with Gasteiger partial charge in [0.15, 0.2) is 0 Å². The smallest absolute Gasteiger partial charge is 0.335 e. The van der Waals surface area contributed by atoms with Gasteiger partial charge in [0.25, 0.3) is 5.56 Å². The number of pyridine rings is 1. The molecule has 0 radical (unpaired) electrons. The summed E-state index contributed by atoms with van der Waals surface area (Å²) in [7, 11) is 0. The average Bonchev–Trinajstić information content (AvgIpc) is 3.26. The van der Waals surface area contributed by atoms with Crippen molar-refractivity contribution in [3.63, 3.8) is 0 Å². The molecular formula is C26H22N4O4. The lowest BCUT2D eigenvalue weighted by atomic mass is 10.1. The topological polar surface area (TPSA) is 97.5 Å². The Hall–Kier alpha value is -4.04. The second-order valence-corrected chi connectivity index (χ2v) is 8.54. The summed E-state index contributed by atoms with van der Waals surface area (Å²) in [6.45, 7) is 3.37. The van der Waals surface area contributed by atoms with E-state index in [1.54, 1.807) is 10.6 Å². The number of nitrogens with zero attached hydrogens (tertiary/aromatic N) is 4. The standard InChI is InChI=1S/C26H22N4O4/c31-25-20-6-5-18(26(32)33)15-22(20)28-24-17(7-8-30(24)25)14-19-13-16-3-1-2-4-21(16)27-23(19)29-9-11-34-12-10-29/h1-6,13-15H,7-12H2,(H,32,33)/b17-14+. The molecule has 1 N–H and O–H groups in total. The summed E-state index contributed by atoms with van der Waals surface area (Å²) in [5.41, 5.74) is 3.20. The Kier molecular flexibility index (Phi) is 4.88. The van der Waals surface area contributed by atoms with Crippen LogP contribution in [0.2, 0.25) is 0 Å². The number of carbonyl (C=O) groups is 1. The maximum Gasteiger partial charge on any atom is 0.335 e. The van der Waals surface area contributed by atoms with Crippen LogP contribution in [0.5, 0.6) is 0 Å². The zero-order chi connectivity index (χ0) is 23.2. The number of benzene rings is 2. The molecule has 8 nitrogen and oxygen atoms in total. The number of aromatic nitrogens is 3. The van der Waals surface area contributed by atoms with Gasteiger partial charge in [0, 0.05) is 30.6 Å². The fourth-order valence-electron chi connectivity index (χ4n) is 4.73. The number of morpholine rings is 1. The molecule has 2 aromatic heterocycles. The Morgan fingerprint density at radius 1 is 1.00 bits per heavy atom. The first-order chi connectivity index (χ1) is 16.6. The molecule has 34 heavy (non-hydrogen) atoms. The van der Waals surface area contributed by atoms with Crippen LogP contribution in [0.4, 0.5) is 5.82 Å². The summed E-state index contributed by atoms with van der Waals surface area (Å²) in [4.78, 5) is 36.4. The quantitative estimate of drug-likeness (QED) is 0.507. The molecule has 0 spiro atoms. The van der Waals surface area contributed by atoms with E-state index in [2.05, 4.69) is 17.0 Å². The fourth-order valence-corrected chi connectivity index (χ4v) is 4.73. The monoisotopic (exact) mass is 454 g/mol. The largest absolute Gasteiger partial charge is 0.478 e. The average molecular weight is 454 g/mol. The minimum Gasteiger partial charge on any atom is -0.478 e. The Bertz CT molecular complexity index is 1550. The van der Waals surface area contributed by atoms with E-state index in [-0.39, 0.29) is 11.1 Å². The second kappa shape index (κ2) is 8.07. The normalized spacial score (nSPS) is 16.9. The number of carboxylic acid groups (broad SMARTS) is 1. The Balaban J connectivity index is 1.52. The highest BCUT2D eigenvalue weighted by molar-refractivity contribution is 5.94. The number of hydrogen-bond acceptors (Lipinski definition) is 6. The number of fused-ring (bicyclic) bond motifs is 3. The minimum absolute atomic E-state index is 0.112. The first-order valence-corrected chi connectivity index (χ1v) is 11.3. The van der Waals surface area contributed by atoms with Gasteiger partial charge in [-0.1, -0.05) is 18.2 Å². The van der Waals surface area contributed by atoms with Gasteiger partial charge in [0.1, 0.15) is 11.6 Å². The number of anilines is 1. The van der Waals surface area contributed by atoms with Gasteiger partial charge in [-0.3, -0.25) is 9.36 Å². The number of carboxylic acids is 1. The molecule has 0 amide bonds. The van der Waals surface area contributed by atoms with E-state index < -0.39 is 5.97 Å². The molecule has 4 heterocycles. The molecule has 0 unspecified atom stereocenters. The Morgan fingerprint density at radius 2 is 1.82 bits per heavy atom. The van der Waals surface area contributed by atoms with Crippen LogP contribution in [0.25, 0.3) is 33.5 Å². The second-order valence-electron chi connectivity index (χ2n) is 8.54. The molecule has 4 aromatic rings. The zero-order valence-electron chi connectivity index (χ0n) is 18.4. The van der Waals surface area contributed by atoms with Crippen molar-refractivity contribution in [1.82, 2.24) is 14.5 Å². The lowest BCUT2D eigenvalue weighted by Gasteiger charge is -2.29. The van der Waals surface area contributed by atoms with E-state index in [9.17, 15) is 14.7 Å². The SMILES string of the molecule is O=C(O)c1ccc2c(=O)n3c(nc2c1)/C(=C/c1cc2ccccc2nc1N1CCOCC1)CC3. The van der Waals surface area contributed by atoms with Crippen LogP contribution in [0.3, 0.4) is 0 Å². The van der Waals surface area contributed by atoms with E-state index in [0.29, 0.717) is 42.9 Å². The molecule has 2 aliphatic rings. The highest BCUT2D eigenvalue weighted by atomic mass is 16.5. The van der Waals surface area contributed by atoms with Gasteiger partial charge in [-0.15, -0.1) is 0 Å². The molecule has 1 saturated heterocycles. The predicted octanol–water partition coefficient (Wildman–Crippen LogP) is 3.42. The molecule has 0 atom stereocenters. The number of rotatable bonds is 3. The van der Waals surface area contributed by atoms with Crippen molar-refractivity contribution in [1.29, 1.82) is 0 Å². The lowest BCUT2D eigenvalue weighted by Crippen LogP contribution is -2.37. The van der Waals surface area contributed by atoms with Crippen LogP contribution in [0.1, 0.15) is 28.2 Å². The molecule has 0 saturated carbocycles. The van der Waals surface area contributed by atoms with Gasteiger partial charge in [-0.2, -0.15) is 0 Å². The first-order valence-electron chi connectivity index (χ1n) is 11.3. The highest BCUT2D eigenvalue weighted by Crippen LogP contribution is 2.32. The van der Waals surface area contributed by atoms with Gasteiger partial charge in [-0.25, -0.2) is 14.8 Å². The van der Waals surface area contributed by atoms with E-state index in [1.807, 2.05) is 24.3 Å². The van der Waals surface area contributed by atoms with Crippen molar-refractivity contribution < 1.29 is 14.6 Å². The van der Waals surface area contributed by atoms with Crippen molar-refractivity contribution in [2.45, 2.75) is 13.0 Å². The summed E-state index contributed by atoms with van der Waals surface area (Å²) < 4.78 is 7.21. The van der Waals surface area contributed by atoms with Gasteiger partial charge in [-0.05, 0) is 48.4 Å². The highest BCUT2D eigenvalue weighted by Gasteiger charge is 2.23. The number of para-hydroxylation sites is 1. The Morgan fingerprint density at radius 3 is 2.65 bits per heavy atom. The summed E-state index contributed by atoms with van der Waals surface area (Å²) in [5, 5.41) is 10.8. The Labute approximate surface area is 194 Å². The van der Waals surface area contributed by atoms with Crippen molar-refractivity contribution >= 4 is 45.2 Å². The molecule has 2 aromatic carbocycles. The van der Waals surface area contributed by atoms with Crippen molar-refractivity contribution in [3.05, 3.63) is 75.8 Å². The van der Waals surface area contributed by atoms with E-state index >= 15 is 0 Å². The maximum atomic E-state index is 13.1. The zero-order valence-corrected chi connectivity index (χ0v) is 18.4. The van der Waals surface area contributed by atoms with E-state index in [0.717, 1.165) is 40.9 Å². The summed E-state index contributed by atoms with van der Waals surface area (Å²) in [6, 6.07) is 14.6. The van der Waals surface area contributed by atoms with Crippen LogP contribution < -0.4 is 10.5 Å². The maximum absolute atomic E-state index is 13.1. The van der Waals surface area contributed by atoms with E-state index in [1.165, 1.54) is 12.1 Å². The molecule has 170 valence electrons. The third-order valence-corrected chi connectivity index (χ3v) is 6.47. The summed E-state index contributed by atoms with van der Waals surface area (Å²) in [5.74, 6) is 0.433.